The van der Waals surface area contributed by atoms with Gasteiger partial charge in [-0.2, -0.15) is 0 Å². The Morgan fingerprint density at radius 3 is 2.77 bits per heavy atom. The molecule has 1 saturated heterocycles. The van der Waals surface area contributed by atoms with E-state index >= 15 is 0 Å². The Bertz CT molecular complexity index is 229. The van der Waals surface area contributed by atoms with E-state index in [4.69, 9.17) is 16.7 Å². The van der Waals surface area contributed by atoms with Crippen LogP contribution in [0.15, 0.2) is 5.16 Å². The van der Waals surface area contributed by atoms with Crippen LogP contribution in [-0.2, 0) is 0 Å². The summed E-state index contributed by atoms with van der Waals surface area (Å²) in [4.78, 5) is 12.3. The largest absolute Gasteiger partial charge is 0.409 e. The lowest BCUT2D eigenvalue weighted by atomic mass is 9.97. The van der Waals surface area contributed by atoms with Crippen molar-refractivity contribution in [3.63, 3.8) is 0 Å². The molecule has 1 fully saturated rings. The first-order valence-corrected chi connectivity index (χ1v) is 4.17. The highest BCUT2D eigenvalue weighted by molar-refractivity contribution is 5.83. The summed E-state index contributed by atoms with van der Waals surface area (Å²) in [5.74, 6) is 0.109. The molecule has 2 amide bonds. The standard InChI is InChI=1S/C7H14N4O2/c8-6(10-13)5-2-1-3-11(4-5)7(9)12/h5,13H,1-4H2,(H2,8,10)(H2,9,12). The topological polar surface area (TPSA) is 105 Å². The number of likely N-dealkylation sites (tertiary alicyclic amines) is 1. The number of hydrogen-bond acceptors (Lipinski definition) is 3. The SMILES string of the molecule is NC(=O)N1CCCC(C(N)=NO)C1. The van der Waals surface area contributed by atoms with Gasteiger partial charge in [0.2, 0.25) is 0 Å². The summed E-state index contributed by atoms with van der Waals surface area (Å²) in [6.07, 6.45) is 1.67. The number of oxime groups is 1. The zero-order chi connectivity index (χ0) is 9.84. The first-order chi connectivity index (χ1) is 6.15. The van der Waals surface area contributed by atoms with Crippen LogP contribution in [0.1, 0.15) is 12.8 Å². The van der Waals surface area contributed by atoms with E-state index < -0.39 is 6.03 Å². The van der Waals surface area contributed by atoms with E-state index in [9.17, 15) is 4.79 Å². The lowest BCUT2D eigenvalue weighted by molar-refractivity contribution is 0.186. The van der Waals surface area contributed by atoms with Gasteiger partial charge in [0.25, 0.3) is 0 Å². The number of nitrogens with two attached hydrogens (primary N) is 2. The Kier molecular flexibility index (Phi) is 2.94. The third-order valence-corrected chi connectivity index (χ3v) is 2.27. The highest BCUT2D eigenvalue weighted by atomic mass is 16.4. The summed E-state index contributed by atoms with van der Waals surface area (Å²) in [7, 11) is 0. The number of piperidine rings is 1. The monoisotopic (exact) mass is 186 g/mol. The van der Waals surface area contributed by atoms with E-state index in [1.807, 2.05) is 0 Å². The highest BCUT2D eigenvalue weighted by Gasteiger charge is 2.24. The van der Waals surface area contributed by atoms with Crippen molar-refractivity contribution >= 4 is 11.9 Å². The fourth-order valence-corrected chi connectivity index (χ4v) is 1.50. The Hall–Kier alpha value is -1.46. The molecule has 0 aromatic heterocycles. The maximum Gasteiger partial charge on any atom is 0.314 e. The number of amides is 2. The van der Waals surface area contributed by atoms with Crippen molar-refractivity contribution in [1.82, 2.24) is 4.90 Å². The van der Waals surface area contributed by atoms with Crippen LogP contribution < -0.4 is 11.5 Å². The molecule has 0 aromatic rings. The molecule has 6 nitrogen and oxygen atoms in total. The molecule has 1 unspecified atom stereocenters. The number of amidine groups is 1. The predicted molar refractivity (Wildman–Crippen MR) is 47.3 cm³/mol. The van der Waals surface area contributed by atoms with Crippen molar-refractivity contribution in [1.29, 1.82) is 0 Å². The van der Waals surface area contributed by atoms with Crippen LogP contribution in [0.4, 0.5) is 4.79 Å². The zero-order valence-electron chi connectivity index (χ0n) is 7.31. The summed E-state index contributed by atoms with van der Waals surface area (Å²) in [5, 5.41) is 11.4. The van der Waals surface area contributed by atoms with Crippen LogP contribution in [0.3, 0.4) is 0 Å². The maximum absolute atomic E-state index is 10.8. The molecule has 74 valence electrons. The lowest BCUT2D eigenvalue weighted by Gasteiger charge is -2.30. The first kappa shape index (κ1) is 9.63. The van der Waals surface area contributed by atoms with Crippen molar-refractivity contribution in [3.05, 3.63) is 0 Å². The van der Waals surface area contributed by atoms with Crippen LogP contribution in [0.25, 0.3) is 0 Å². The number of urea groups is 1. The fourth-order valence-electron chi connectivity index (χ4n) is 1.50. The second kappa shape index (κ2) is 3.97. The second-order valence-electron chi connectivity index (χ2n) is 3.15. The van der Waals surface area contributed by atoms with Crippen molar-refractivity contribution in [2.24, 2.45) is 22.5 Å². The van der Waals surface area contributed by atoms with Gasteiger partial charge in [-0.1, -0.05) is 5.16 Å². The van der Waals surface area contributed by atoms with Crippen LogP contribution in [0.2, 0.25) is 0 Å². The van der Waals surface area contributed by atoms with Gasteiger partial charge in [0.1, 0.15) is 5.84 Å². The minimum Gasteiger partial charge on any atom is -0.409 e. The molecule has 0 aliphatic carbocycles. The summed E-state index contributed by atoms with van der Waals surface area (Å²) in [5.41, 5.74) is 10.5. The summed E-state index contributed by atoms with van der Waals surface area (Å²) in [6, 6.07) is -0.449. The molecule has 1 heterocycles. The summed E-state index contributed by atoms with van der Waals surface area (Å²) < 4.78 is 0. The van der Waals surface area contributed by atoms with Crippen LogP contribution in [0.5, 0.6) is 0 Å². The molecule has 13 heavy (non-hydrogen) atoms. The molecule has 1 aliphatic heterocycles. The van der Waals surface area contributed by atoms with Crippen molar-refractivity contribution in [2.45, 2.75) is 12.8 Å². The third-order valence-electron chi connectivity index (χ3n) is 2.27. The molecule has 0 radical (unpaired) electrons. The van der Waals surface area contributed by atoms with Crippen LogP contribution in [-0.4, -0.2) is 35.1 Å². The van der Waals surface area contributed by atoms with E-state index in [1.165, 1.54) is 4.90 Å². The zero-order valence-corrected chi connectivity index (χ0v) is 7.31. The average Bonchev–Trinajstić information content (AvgIpc) is 2.17. The molecule has 1 atom stereocenters. The van der Waals surface area contributed by atoms with Crippen LogP contribution in [0, 0.1) is 5.92 Å². The minimum absolute atomic E-state index is 0.0637. The van der Waals surface area contributed by atoms with Crippen molar-refractivity contribution in [2.75, 3.05) is 13.1 Å². The molecular formula is C7H14N4O2. The first-order valence-electron chi connectivity index (χ1n) is 4.17. The Morgan fingerprint density at radius 1 is 1.54 bits per heavy atom. The van der Waals surface area contributed by atoms with Gasteiger partial charge in [-0.05, 0) is 12.8 Å². The average molecular weight is 186 g/mol. The number of nitrogens with zero attached hydrogens (tertiary/aromatic N) is 2. The molecule has 6 heteroatoms. The minimum atomic E-state index is -0.449. The lowest BCUT2D eigenvalue weighted by Crippen LogP contribution is -2.46. The predicted octanol–water partition coefficient (Wildman–Crippen LogP) is -0.476. The number of rotatable bonds is 1. The molecule has 1 rings (SSSR count). The van der Waals surface area contributed by atoms with Crippen molar-refractivity contribution < 1.29 is 10.0 Å². The molecule has 0 aromatic carbocycles. The molecule has 1 aliphatic rings. The Balaban J connectivity index is 2.56. The van der Waals surface area contributed by atoms with E-state index in [2.05, 4.69) is 5.16 Å². The molecule has 0 saturated carbocycles. The maximum atomic E-state index is 10.8. The second-order valence-corrected chi connectivity index (χ2v) is 3.15. The summed E-state index contributed by atoms with van der Waals surface area (Å²) in [6.45, 7) is 1.11. The Labute approximate surface area is 76.2 Å². The number of primary amides is 1. The van der Waals surface area contributed by atoms with Crippen LogP contribution >= 0.6 is 0 Å². The van der Waals surface area contributed by atoms with Gasteiger partial charge in [0.05, 0.1) is 0 Å². The molecule has 0 spiro atoms. The number of hydrogen-bond donors (Lipinski definition) is 3. The van der Waals surface area contributed by atoms with Gasteiger partial charge >= 0.3 is 6.03 Å². The van der Waals surface area contributed by atoms with E-state index in [1.54, 1.807) is 0 Å². The number of carbonyl (C=O) groups excluding carboxylic acids is 1. The number of carbonyl (C=O) groups is 1. The highest BCUT2D eigenvalue weighted by Crippen LogP contribution is 2.15. The van der Waals surface area contributed by atoms with E-state index in [-0.39, 0.29) is 11.8 Å². The molecular weight excluding hydrogens is 172 g/mol. The molecule has 0 bridgehead atoms. The van der Waals surface area contributed by atoms with Gasteiger partial charge in [-0.25, -0.2) is 4.79 Å². The summed E-state index contributed by atoms with van der Waals surface area (Å²) >= 11 is 0. The smallest absolute Gasteiger partial charge is 0.314 e. The van der Waals surface area contributed by atoms with E-state index in [0.717, 1.165) is 12.8 Å². The normalized spacial score (nSPS) is 24.5. The van der Waals surface area contributed by atoms with Gasteiger partial charge < -0.3 is 21.6 Å². The third kappa shape index (κ3) is 2.24. The van der Waals surface area contributed by atoms with Gasteiger partial charge in [-0.3, -0.25) is 0 Å². The van der Waals surface area contributed by atoms with Gasteiger partial charge in [0.15, 0.2) is 0 Å². The molecule has 5 N–H and O–H groups in total. The Morgan fingerprint density at radius 2 is 2.23 bits per heavy atom. The van der Waals surface area contributed by atoms with Gasteiger partial charge in [-0.15, -0.1) is 0 Å². The van der Waals surface area contributed by atoms with E-state index in [0.29, 0.717) is 13.1 Å². The fraction of sp³-hybridized carbons (Fsp3) is 0.714. The van der Waals surface area contributed by atoms with Crippen molar-refractivity contribution in [3.8, 4) is 0 Å². The van der Waals surface area contributed by atoms with Gasteiger partial charge in [0, 0.05) is 19.0 Å². The quantitative estimate of drug-likeness (QED) is 0.223.